The van der Waals surface area contributed by atoms with Gasteiger partial charge in [0.2, 0.25) is 5.91 Å². The second-order valence-corrected chi connectivity index (χ2v) is 8.39. The molecule has 0 spiro atoms. The zero-order chi connectivity index (χ0) is 21.9. The van der Waals surface area contributed by atoms with Crippen LogP contribution in [0.25, 0.3) is 0 Å². The number of carbonyl (C=O) groups is 2. The first kappa shape index (κ1) is 21.5. The fourth-order valence-electron chi connectivity index (χ4n) is 3.42. The third-order valence-electron chi connectivity index (χ3n) is 5.23. The average molecular weight is 412 g/mol. The molecule has 7 nitrogen and oxygen atoms in total. The highest BCUT2D eigenvalue weighted by molar-refractivity contribution is 6.02. The molecule has 0 saturated carbocycles. The van der Waals surface area contributed by atoms with Crippen LogP contribution in [0.15, 0.2) is 42.5 Å². The minimum Gasteiger partial charge on any atom is -0.495 e. The van der Waals surface area contributed by atoms with Crippen LogP contribution < -0.4 is 19.9 Å². The van der Waals surface area contributed by atoms with Gasteiger partial charge < -0.3 is 25.0 Å². The number of rotatable bonds is 5. The number of nitrogens with one attached hydrogen (secondary N) is 1. The number of hydrogen-bond donors (Lipinski definition) is 2. The number of aromatic carboxylic acids is 1. The molecule has 0 aromatic heterocycles. The van der Waals surface area contributed by atoms with Crippen LogP contribution >= 0.6 is 0 Å². The lowest BCUT2D eigenvalue weighted by molar-refractivity contribution is -0.123. The van der Waals surface area contributed by atoms with E-state index in [1.54, 1.807) is 40.0 Å². The number of carboxylic acids is 1. The van der Waals surface area contributed by atoms with Crippen molar-refractivity contribution in [1.82, 2.24) is 0 Å². The molecule has 2 aromatic rings. The van der Waals surface area contributed by atoms with Gasteiger partial charge in [0.15, 0.2) is 0 Å². The van der Waals surface area contributed by atoms with Gasteiger partial charge in [0.25, 0.3) is 0 Å². The molecular formula is C23H29N3O4. The number of anilines is 3. The Balaban J connectivity index is 1.75. The normalized spacial score (nSPS) is 14.4. The van der Waals surface area contributed by atoms with E-state index in [0.29, 0.717) is 5.69 Å². The van der Waals surface area contributed by atoms with Crippen LogP contribution in [0, 0.1) is 5.41 Å². The van der Waals surface area contributed by atoms with E-state index in [4.69, 9.17) is 4.74 Å². The van der Waals surface area contributed by atoms with Crippen molar-refractivity contribution < 1.29 is 19.4 Å². The van der Waals surface area contributed by atoms with Crippen LogP contribution in [0.5, 0.6) is 5.75 Å². The van der Waals surface area contributed by atoms with E-state index in [2.05, 4.69) is 15.1 Å². The second-order valence-electron chi connectivity index (χ2n) is 8.39. The van der Waals surface area contributed by atoms with Crippen LogP contribution in [-0.4, -0.2) is 50.3 Å². The van der Waals surface area contributed by atoms with Crippen molar-refractivity contribution in [2.75, 3.05) is 48.4 Å². The predicted octanol–water partition coefficient (Wildman–Crippen LogP) is 3.70. The van der Waals surface area contributed by atoms with Gasteiger partial charge in [-0.05, 0) is 30.3 Å². The Labute approximate surface area is 177 Å². The molecule has 0 unspecified atom stereocenters. The molecule has 7 heteroatoms. The molecule has 0 aliphatic carbocycles. The summed E-state index contributed by atoms with van der Waals surface area (Å²) < 4.78 is 5.47. The molecule has 0 radical (unpaired) electrons. The number of nitrogens with zero attached hydrogens (tertiary/aromatic N) is 2. The van der Waals surface area contributed by atoms with Gasteiger partial charge in [-0.25, -0.2) is 4.79 Å². The highest BCUT2D eigenvalue weighted by Crippen LogP contribution is 2.30. The monoisotopic (exact) mass is 411 g/mol. The van der Waals surface area contributed by atoms with Crippen LogP contribution in [-0.2, 0) is 4.79 Å². The third-order valence-corrected chi connectivity index (χ3v) is 5.23. The lowest BCUT2D eigenvalue weighted by atomic mass is 9.95. The Morgan fingerprint density at radius 3 is 2.23 bits per heavy atom. The highest BCUT2D eigenvalue weighted by atomic mass is 16.5. The van der Waals surface area contributed by atoms with E-state index >= 15 is 0 Å². The van der Waals surface area contributed by atoms with Crippen molar-refractivity contribution >= 4 is 28.9 Å². The molecule has 0 bridgehead atoms. The molecule has 0 atom stereocenters. The van der Waals surface area contributed by atoms with Crippen molar-refractivity contribution in [3.05, 3.63) is 48.0 Å². The molecule has 2 aromatic carbocycles. The van der Waals surface area contributed by atoms with Gasteiger partial charge in [-0.1, -0.05) is 32.9 Å². The number of para-hydroxylation sites is 2. The summed E-state index contributed by atoms with van der Waals surface area (Å²) in [6.45, 7) is 8.47. The van der Waals surface area contributed by atoms with E-state index in [1.807, 2.05) is 30.3 Å². The minimum atomic E-state index is -1.06. The molecule has 30 heavy (non-hydrogen) atoms. The zero-order valence-electron chi connectivity index (χ0n) is 17.9. The van der Waals surface area contributed by atoms with Gasteiger partial charge in [0.05, 0.1) is 24.0 Å². The number of benzene rings is 2. The summed E-state index contributed by atoms with van der Waals surface area (Å²) in [5.41, 5.74) is 1.70. The maximum absolute atomic E-state index is 12.3. The van der Waals surface area contributed by atoms with Crippen LogP contribution in [0.1, 0.15) is 31.1 Å². The van der Waals surface area contributed by atoms with Crippen molar-refractivity contribution in [3.8, 4) is 5.75 Å². The van der Waals surface area contributed by atoms with Crippen molar-refractivity contribution in [2.45, 2.75) is 20.8 Å². The second kappa shape index (κ2) is 8.65. The summed E-state index contributed by atoms with van der Waals surface area (Å²) in [5.74, 6) is -0.435. The first-order chi connectivity index (χ1) is 14.2. The van der Waals surface area contributed by atoms with Gasteiger partial charge in [-0.3, -0.25) is 4.79 Å². The first-order valence-electron chi connectivity index (χ1n) is 10.0. The van der Waals surface area contributed by atoms with E-state index in [1.165, 1.54) is 0 Å². The topological polar surface area (TPSA) is 82.1 Å². The molecule has 1 aliphatic heterocycles. The highest BCUT2D eigenvalue weighted by Gasteiger charge is 2.25. The largest absolute Gasteiger partial charge is 0.495 e. The Morgan fingerprint density at radius 2 is 1.63 bits per heavy atom. The molecule has 1 heterocycles. The molecule has 1 saturated heterocycles. The fourth-order valence-corrected chi connectivity index (χ4v) is 3.42. The van der Waals surface area contributed by atoms with Gasteiger partial charge in [-0.2, -0.15) is 0 Å². The van der Waals surface area contributed by atoms with Crippen molar-refractivity contribution in [3.63, 3.8) is 0 Å². The smallest absolute Gasteiger partial charge is 0.337 e. The van der Waals surface area contributed by atoms with E-state index < -0.39 is 11.4 Å². The Hall–Kier alpha value is -3.22. The summed E-state index contributed by atoms with van der Waals surface area (Å²) in [7, 11) is 1.67. The van der Waals surface area contributed by atoms with Gasteiger partial charge in [0, 0.05) is 37.3 Å². The van der Waals surface area contributed by atoms with Gasteiger partial charge >= 0.3 is 5.97 Å². The quantitative estimate of drug-likeness (QED) is 0.781. The molecule has 1 fully saturated rings. The van der Waals surface area contributed by atoms with Gasteiger partial charge in [0.1, 0.15) is 5.75 Å². The Bertz CT molecular complexity index is 928. The summed E-state index contributed by atoms with van der Waals surface area (Å²) in [4.78, 5) is 28.5. The maximum atomic E-state index is 12.3. The molecule has 2 N–H and O–H groups in total. The number of carbonyl (C=O) groups excluding carboxylic acids is 1. The van der Waals surface area contributed by atoms with E-state index in [-0.39, 0.29) is 11.5 Å². The van der Waals surface area contributed by atoms with Gasteiger partial charge in [-0.15, -0.1) is 0 Å². The number of carboxylic acid groups (broad SMARTS) is 1. The Morgan fingerprint density at radius 1 is 1.00 bits per heavy atom. The predicted molar refractivity (Wildman–Crippen MR) is 119 cm³/mol. The lowest BCUT2D eigenvalue weighted by Crippen LogP contribution is -2.46. The fraction of sp³-hybridized carbons (Fsp3) is 0.391. The number of amides is 1. The number of piperazine rings is 1. The number of methoxy groups -OCH3 is 1. The lowest BCUT2D eigenvalue weighted by Gasteiger charge is -2.38. The summed E-state index contributed by atoms with van der Waals surface area (Å²) in [6, 6.07) is 13.1. The third kappa shape index (κ3) is 4.67. The summed E-state index contributed by atoms with van der Waals surface area (Å²) in [6.07, 6.45) is 0. The first-order valence-corrected chi connectivity index (χ1v) is 10.0. The zero-order valence-corrected chi connectivity index (χ0v) is 17.9. The molecule has 160 valence electrons. The SMILES string of the molecule is COc1ccccc1N1CCN(c2ccc(NC(=O)C(C)(C)C)c(C(=O)O)c2)CC1. The molecule has 1 aliphatic rings. The molecular weight excluding hydrogens is 382 g/mol. The number of hydrogen-bond acceptors (Lipinski definition) is 5. The Kier molecular flexibility index (Phi) is 6.20. The molecule has 3 rings (SSSR count). The van der Waals surface area contributed by atoms with Crippen molar-refractivity contribution in [2.24, 2.45) is 5.41 Å². The molecule has 1 amide bonds. The maximum Gasteiger partial charge on any atom is 0.337 e. The van der Waals surface area contributed by atoms with Crippen LogP contribution in [0.3, 0.4) is 0 Å². The van der Waals surface area contributed by atoms with Crippen molar-refractivity contribution in [1.29, 1.82) is 0 Å². The minimum absolute atomic E-state index is 0.0947. The summed E-state index contributed by atoms with van der Waals surface area (Å²) >= 11 is 0. The standard InChI is InChI=1S/C23H29N3O4/c1-23(2,3)22(29)24-18-10-9-16(15-17(18)21(27)28)25-11-13-26(14-12-25)19-7-5-6-8-20(19)30-4/h5-10,15H,11-14H2,1-4H3,(H,24,29)(H,27,28). The van der Waals surface area contributed by atoms with E-state index in [9.17, 15) is 14.7 Å². The number of ether oxygens (including phenoxy) is 1. The average Bonchev–Trinajstić information content (AvgIpc) is 2.73. The van der Waals surface area contributed by atoms with Crippen LogP contribution in [0.4, 0.5) is 17.1 Å². The van der Waals surface area contributed by atoms with E-state index in [0.717, 1.165) is 43.3 Å². The summed E-state index contributed by atoms with van der Waals surface area (Å²) in [5, 5.41) is 12.4. The van der Waals surface area contributed by atoms with Crippen LogP contribution in [0.2, 0.25) is 0 Å².